The zero-order chi connectivity index (χ0) is 26.5. The maximum absolute atomic E-state index is 11.6. The van der Waals surface area contributed by atoms with Gasteiger partial charge in [-0.1, -0.05) is 24.3 Å². The van der Waals surface area contributed by atoms with Crippen LogP contribution in [0.5, 0.6) is 11.5 Å². The van der Waals surface area contributed by atoms with Gasteiger partial charge >= 0.3 is 22.9 Å². The minimum atomic E-state index is -0.771. The summed E-state index contributed by atoms with van der Waals surface area (Å²) in [5.41, 5.74) is 0.492. The van der Waals surface area contributed by atoms with Gasteiger partial charge in [-0.25, -0.2) is 29.1 Å². The van der Waals surface area contributed by atoms with E-state index in [9.17, 15) is 19.2 Å². The summed E-state index contributed by atoms with van der Waals surface area (Å²) in [6.07, 6.45) is 4.27. The Morgan fingerprint density at radius 3 is 1.32 bits per heavy atom. The Hall–Kier alpha value is -4.48. The lowest BCUT2D eigenvalue weighted by Gasteiger charge is -2.28. The van der Waals surface area contributed by atoms with E-state index in [0.29, 0.717) is 25.0 Å². The molecule has 0 aliphatic heterocycles. The number of ether oxygens (including phenoxy) is 2. The second-order valence-corrected chi connectivity index (χ2v) is 9.49. The predicted molar refractivity (Wildman–Crippen MR) is 135 cm³/mol. The van der Waals surface area contributed by atoms with Gasteiger partial charge in [0, 0.05) is 0 Å². The van der Waals surface area contributed by atoms with E-state index in [1.165, 1.54) is 0 Å². The minimum absolute atomic E-state index is 0.169. The molecule has 1 aliphatic carbocycles. The van der Waals surface area contributed by atoms with Crippen LogP contribution in [0.25, 0.3) is 0 Å². The first-order valence-electron chi connectivity index (χ1n) is 12.5. The second kappa shape index (κ2) is 11.3. The van der Waals surface area contributed by atoms with Crippen molar-refractivity contribution in [2.24, 2.45) is 11.8 Å². The fourth-order valence-corrected chi connectivity index (χ4v) is 4.54. The van der Waals surface area contributed by atoms with Gasteiger partial charge in [0.25, 0.3) is 0 Å². The molecule has 38 heavy (non-hydrogen) atoms. The monoisotopic (exact) mass is 524 g/mol. The summed E-state index contributed by atoms with van der Waals surface area (Å²) in [5, 5.41) is 0. The Morgan fingerprint density at radius 1 is 0.632 bits per heavy atom. The summed E-state index contributed by atoms with van der Waals surface area (Å²) >= 11 is 0. The first-order chi connectivity index (χ1) is 18.4. The van der Waals surface area contributed by atoms with Crippen molar-refractivity contribution < 1.29 is 18.5 Å². The van der Waals surface area contributed by atoms with Crippen LogP contribution in [0, 0.1) is 11.8 Å². The zero-order valence-electron chi connectivity index (χ0n) is 20.6. The molecular weight excluding hydrogens is 496 g/mol. The largest absolute Gasteiger partial charge is 0.493 e. The number of aromatic amines is 2. The van der Waals surface area contributed by atoms with Crippen LogP contribution in [0.15, 0.2) is 76.8 Å². The second-order valence-electron chi connectivity index (χ2n) is 9.49. The minimum Gasteiger partial charge on any atom is -0.493 e. The summed E-state index contributed by atoms with van der Waals surface area (Å²) in [7, 11) is 0. The van der Waals surface area contributed by atoms with E-state index in [0.717, 1.165) is 57.8 Å². The number of hydrogen-bond acceptors (Lipinski definition) is 8. The first-order valence-corrected chi connectivity index (χ1v) is 12.5. The Bertz CT molecular complexity index is 1440. The van der Waals surface area contributed by atoms with Crippen molar-refractivity contribution >= 4 is 0 Å². The smallest absolute Gasteiger partial charge is 0.440 e. The van der Waals surface area contributed by atoms with E-state index < -0.39 is 22.9 Å². The zero-order valence-corrected chi connectivity index (χ0v) is 20.6. The predicted octanol–water partition coefficient (Wildman–Crippen LogP) is 1.93. The quantitative estimate of drug-likeness (QED) is 0.319. The fourth-order valence-electron chi connectivity index (χ4n) is 4.54. The van der Waals surface area contributed by atoms with Crippen LogP contribution in [0.4, 0.5) is 0 Å². The topological polar surface area (TPSA) is 154 Å². The molecular formula is C26H28N4O8. The molecule has 5 rings (SSSR count). The van der Waals surface area contributed by atoms with E-state index in [1.807, 2.05) is 48.5 Å². The van der Waals surface area contributed by atoms with Crippen molar-refractivity contribution in [1.29, 1.82) is 0 Å². The molecule has 2 aromatic heterocycles. The van der Waals surface area contributed by atoms with Gasteiger partial charge < -0.3 is 18.5 Å². The van der Waals surface area contributed by atoms with Crippen molar-refractivity contribution in [2.75, 3.05) is 13.2 Å². The van der Waals surface area contributed by atoms with E-state index in [2.05, 4.69) is 9.97 Å². The molecule has 0 saturated heterocycles. The highest BCUT2D eigenvalue weighted by Crippen LogP contribution is 2.30. The first kappa shape index (κ1) is 25.2. The van der Waals surface area contributed by atoms with Crippen LogP contribution in [0.2, 0.25) is 0 Å². The van der Waals surface area contributed by atoms with E-state index in [-0.39, 0.29) is 13.1 Å². The molecule has 0 spiro atoms. The molecule has 2 aromatic carbocycles. The average Bonchev–Trinajstić information content (AvgIpc) is 3.41. The third-order valence-electron chi connectivity index (χ3n) is 6.69. The Morgan fingerprint density at radius 2 is 1.00 bits per heavy atom. The molecule has 4 aromatic rings. The maximum Gasteiger partial charge on any atom is 0.440 e. The van der Waals surface area contributed by atoms with Gasteiger partial charge in [0.2, 0.25) is 0 Å². The number of benzene rings is 2. The molecule has 0 radical (unpaired) electrons. The lowest BCUT2D eigenvalue weighted by atomic mass is 9.83. The van der Waals surface area contributed by atoms with Gasteiger partial charge in [0.15, 0.2) is 0 Å². The van der Waals surface area contributed by atoms with Crippen molar-refractivity contribution in [1.82, 2.24) is 19.4 Å². The van der Waals surface area contributed by atoms with Gasteiger partial charge in [-0.3, -0.25) is 0 Å². The number of aromatic nitrogens is 4. The molecule has 12 heteroatoms. The van der Waals surface area contributed by atoms with Crippen LogP contribution in [0.3, 0.4) is 0 Å². The van der Waals surface area contributed by atoms with Gasteiger partial charge in [-0.05, 0) is 72.9 Å². The molecule has 0 atom stereocenters. The molecule has 1 saturated carbocycles. The highest BCUT2D eigenvalue weighted by Gasteiger charge is 2.22. The normalized spacial score (nSPS) is 17.4. The van der Waals surface area contributed by atoms with Gasteiger partial charge in [0.05, 0.1) is 26.3 Å². The van der Waals surface area contributed by atoms with Crippen molar-refractivity contribution in [3.05, 3.63) is 102 Å². The summed E-state index contributed by atoms with van der Waals surface area (Å²) in [5.74, 6) is 0.937. The number of nitrogens with zero attached hydrogens (tertiary/aromatic N) is 2. The van der Waals surface area contributed by atoms with Gasteiger partial charge in [-0.15, -0.1) is 9.48 Å². The number of rotatable bonds is 10. The summed E-state index contributed by atoms with van der Waals surface area (Å²) in [6, 6.07) is 14.8. The van der Waals surface area contributed by atoms with Crippen LogP contribution >= 0.6 is 0 Å². The molecule has 2 heterocycles. The standard InChI is InChI=1S/C26H28N4O8/c31-23-27-25(33)37-29(23)13-17-5-9-21(10-6-17)35-15-19-1-2-20(4-3-19)16-36-22-11-7-18(8-12-22)14-30-24(32)28-26(34)38-30/h5-12,19-20H,1-4,13-16H2,(H,27,31,33)(H,28,32,34)/t19-,20-. The van der Waals surface area contributed by atoms with E-state index in [1.54, 1.807) is 0 Å². The molecule has 0 unspecified atom stereocenters. The number of nitrogens with one attached hydrogen (secondary N) is 2. The Kier molecular flexibility index (Phi) is 7.47. The van der Waals surface area contributed by atoms with Gasteiger partial charge in [0.1, 0.15) is 11.5 Å². The number of hydrogen-bond donors (Lipinski definition) is 2. The van der Waals surface area contributed by atoms with Crippen LogP contribution < -0.4 is 32.4 Å². The molecule has 0 bridgehead atoms. The summed E-state index contributed by atoms with van der Waals surface area (Å²) in [4.78, 5) is 49.4. The van der Waals surface area contributed by atoms with Crippen LogP contribution in [0.1, 0.15) is 36.8 Å². The van der Waals surface area contributed by atoms with Crippen LogP contribution in [-0.4, -0.2) is 32.7 Å². The molecule has 200 valence electrons. The Labute approximate surface area is 215 Å². The maximum atomic E-state index is 11.6. The Balaban J connectivity index is 1.01. The fraction of sp³-hybridized carbons (Fsp3) is 0.385. The SMILES string of the molecule is O=c1[nH]c(=O)n(Cc2ccc(OC[C@H]3CC[C@H](COc4ccc(Cn5oc(=O)[nH]c5=O)cc4)CC3)cc2)o1. The summed E-state index contributed by atoms with van der Waals surface area (Å²) in [6.45, 7) is 1.63. The van der Waals surface area contributed by atoms with E-state index in [4.69, 9.17) is 18.5 Å². The van der Waals surface area contributed by atoms with Gasteiger partial charge in [-0.2, -0.15) is 0 Å². The third kappa shape index (κ3) is 6.44. The lowest BCUT2D eigenvalue weighted by Crippen LogP contribution is -2.23. The summed E-state index contributed by atoms with van der Waals surface area (Å²) < 4.78 is 23.5. The van der Waals surface area contributed by atoms with Crippen LogP contribution in [-0.2, 0) is 13.1 Å². The average molecular weight is 525 g/mol. The highest BCUT2D eigenvalue weighted by atomic mass is 16.5. The molecule has 1 fully saturated rings. The molecule has 1 aliphatic rings. The van der Waals surface area contributed by atoms with E-state index >= 15 is 0 Å². The van der Waals surface area contributed by atoms with Crippen molar-refractivity contribution in [3.8, 4) is 11.5 Å². The molecule has 0 amide bonds. The highest BCUT2D eigenvalue weighted by molar-refractivity contribution is 5.28. The third-order valence-corrected chi connectivity index (χ3v) is 6.69. The lowest BCUT2D eigenvalue weighted by molar-refractivity contribution is 0.148. The van der Waals surface area contributed by atoms with Crippen molar-refractivity contribution in [3.63, 3.8) is 0 Å². The molecule has 12 nitrogen and oxygen atoms in total. The molecule has 2 N–H and O–H groups in total. The number of H-pyrrole nitrogens is 2. The van der Waals surface area contributed by atoms with Crippen molar-refractivity contribution in [2.45, 2.75) is 38.8 Å².